The van der Waals surface area contributed by atoms with Crippen LogP contribution in [-0.4, -0.2) is 74.0 Å². The van der Waals surface area contributed by atoms with Gasteiger partial charge in [-0.1, -0.05) is 0 Å². The molecule has 1 aliphatic carbocycles. The highest BCUT2D eigenvalue weighted by Crippen LogP contribution is 2.46. The van der Waals surface area contributed by atoms with Gasteiger partial charge in [-0.25, -0.2) is 0 Å². The number of nitrogens with one attached hydrogen (secondary N) is 2. The van der Waals surface area contributed by atoms with E-state index in [0.717, 1.165) is 50.6 Å². The smallest absolute Gasteiger partial charge is 0.251 e. The average Bonchev–Trinajstić information content (AvgIpc) is 3.00. The Morgan fingerprint density at radius 2 is 1.37 bits per heavy atom. The van der Waals surface area contributed by atoms with Gasteiger partial charge >= 0.3 is 0 Å². The van der Waals surface area contributed by atoms with Crippen LogP contribution in [0.4, 0.5) is 17.1 Å². The summed E-state index contributed by atoms with van der Waals surface area (Å²) in [7, 11) is 0. The summed E-state index contributed by atoms with van der Waals surface area (Å²) < 4.78 is 0. The van der Waals surface area contributed by atoms with Crippen LogP contribution in [-0.2, 0) is 9.59 Å². The van der Waals surface area contributed by atoms with Crippen LogP contribution in [0.3, 0.4) is 0 Å². The monoisotopic (exact) mass is 558 g/mol. The molecule has 1 spiro atoms. The van der Waals surface area contributed by atoms with Gasteiger partial charge in [0.2, 0.25) is 11.8 Å². The third-order valence-corrected chi connectivity index (χ3v) is 9.97. The van der Waals surface area contributed by atoms with Crippen LogP contribution < -0.4 is 26.2 Å². The Morgan fingerprint density at radius 1 is 0.780 bits per heavy atom. The van der Waals surface area contributed by atoms with Gasteiger partial charge < -0.3 is 20.9 Å². The number of rotatable bonds is 5. The summed E-state index contributed by atoms with van der Waals surface area (Å²) in [6, 6.07) is 16.0. The van der Waals surface area contributed by atoms with Gasteiger partial charge in [0.25, 0.3) is 5.91 Å². The van der Waals surface area contributed by atoms with Crippen molar-refractivity contribution in [2.24, 2.45) is 5.41 Å². The van der Waals surface area contributed by atoms with E-state index >= 15 is 0 Å². The molecular weight excluding hydrogens is 516 g/mol. The zero-order chi connectivity index (χ0) is 28.4. The molecule has 1 unspecified atom stereocenters. The minimum absolute atomic E-state index is 0.245. The van der Waals surface area contributed by atoms with Crippen molar-refractivity contribution >= 4 is 34.8 Å². The maximum Gasteiger partial charge on any atom is 0.251 e. The minimum atomic E-state index is -0.660. The third kappa shape index (κ3) is 6.20. The maximum absolute atomic E-state index is 12.7. The number of piperazine rings is 1. The molecule has 41 heavy (non-hydrogen) atoms. The van der Waals surface area contributed by atoms with E-state index in [0.29, 0.717) is 23.4 Å². The van der Waals surface area contributed by atoms with Gasteiger partial charge in [0.05, 0.1) is 0 Å². The first-order valence-electron chi connectivity index (χ1n) is 15.2. The van der Waals surface area contributed by atoms with Crippen molar-refractivity contribution in [2.75, 3.05) is 54.8 Å². The standard InChI is InChI=1S/C32H42N6O3/c33-24-3-7-26(8-4-24)37-19-21-38(22-20-37)27-11-13-32(14-12-27)15-17-36(18-16-32)25-5-1-23(2-6-25)30(40)34-28-9-10-29(39)35-31(28)41/h1-8,27-28H,9-22,33H2,(H,34,40)(H,35,39,41). The zero-order valence-corrected chi connectivity index (χ0v) is 23.8. The Balaban J connectivity index is 0.948. The molecule has 1 atom stereocenters. The van der Waals surface area contributed by atoms with E-state index in [4.69, 9.17) is 5.73 Å². The van der Waals surface area contributed by atoms with Crippen LogP contribution in [0, 0.1) is 5.41 Å². The molecule has 0 radical (unpaired) electrons. The molecule has 2 aromatic carbocycles. The van der Waals surface area contributed by atoms with Crippen molar-refractivity contribution in [3.63, 3.8) is 0 Å². The van der Waals surface area contributed by atoms with E-state index in [1.807, 2.05) is 36.4 Å². The van der Waals surface area contributed by atoms with Crippen molar-refractivity contribution in [3.05, 3.63) is 54.1 Å². The van der Waals surface area contributed by atoms with Crippen LogP contribution in [0.5, 0.6) is 0 Å². The van der Waals surface area contributed by atoms with Crippen LogP contribution in [0.15, 0.2) is 48.5 Å². The van der Waals surface area contributed by atoms with Gasteiger partial charge in [0.15, 0.2) is 0 Å². The first kappa shape index (κ1) is 27.6. The van der Waals surface area contributed by atoms with Gasteiger partial charge in [-0.3, -0.25) is 24.6 Å². The first-order valence-corrected chi connectivity index (χ1v) is 15.2. The molecule has 9 nitrogen and oxygen atoms in total. The van der Waals surface area contributed by atoms with E-state index < -0.39 is 11.9 Å². The summed E-state index contributed by atoms with van der Waals surface area (Å²) in [5, 5.41) is 5.04. The van der Waals surface area contributed by atoms with Crippen LogP contribution in [0.1, 0.15) is 61.7 Å². The lowest BCUT2D eigenvalue weighted by atomic mass is 9.66. The minimum Gasteiger partial charge on any atom is -0.399 e. The summed E-state index contributed by atoms with van der Waals surface area (Å²) in [4.78, 5) is 43.6. The van der Waals surface area contributed by atoms with E-state index in [9.17, 15) is 14.4 Å². The third-order valence-electron chi connectivity index (χ3n) is 9.97. The largest absolute Gasteiger partial charge is 0.399 e. The molecule has 4 aliphatic rings. The molecule has 4 N–H and O–H groups in total. The topological polar surface area (TPSA) is 111 Å². The van der Waals surface area contributed by atoms with Gasteiger partial charge in [-0.15, -0.1) is 0 Å². The number of carbonyl (C=O) groups is 3. The number of piperidine rings is 2. The van der Waals surface area contributed by atoms with E-state index in [2.05, 4.69) is 37.5 Å². The Kier molecular flexibility index (Phi) is 7.88. The summed E-state index contributed by atoms with van der Waals surface area (Å²) in [5.41, 5.74) is 10.1. The second-order valence-corrected chi connectivity index (χ2v) is 12.4. The molecule has 6 rings (SSSR count). The number of hydrogen-bond acceptors (Lipinski definition) is 7. The molecule has 3 saturated heterocycles. The number of hydrogen-bond donors (Lipinski definition) is 3. The van der Waals surface area contributed by atoms with Crippen molar-refractivity contribution < 1.29 is 14.4 Å². The van der Waals surface area contributed by atoms with E-state index in [-0.39, 0.29) is 18.2 Å². The quantitative estimate of drug-likeness (QED) is 0.382. The van der Waals surface area contributed by atoms with Crippen molar-refractivity contribution in [1.29, 1.82) is 0 Å². The summed E-state index contributed by atoms with van der Waals surface area (Å²) in [6.45, 7) is 6.53. The average molecular weight is 559 g/mol. The molecule has 3 amide bonds. The van der Waals surface area contributed by atoms with Crippen molar-refractivity contribution in [2.45, 2.75) is 63.5 Å². The molecule has 3 heterocycles. The maximum atomic E-state index is 12.7. The Bertz CT molecular complexity index is 1240. The Hall–Kier alpha value is -3.59. The van der Waals surface area contributed by atoms with E-state index in [1.165, 1.54) is 44.2 Å². The first-order chi connectivity index (χ1) is 19.9. The van der Waals surface area contributed by atoms with Crippen LogP contribution >= 0.6 is 0 Å². The molecule has 3 aliphatic heterocycles. The number of nitrogen functional groups attached to an aromatic ring is 1. The SMILES string of the molecule is Nc1ccc(N2CCN(C3CCC4(CC3)CCN(c3ccc(C(=O)NC5CCC(=O)NC5=O)cc3)CC4)CC2)cc1. The lowest BCUT2D eigenvalue weighted by molar-refractivity contribution is -0.134. The number of imide groups is 1. The van der Waals surface area contributed by atoms with E-state index in [1.54, 1.807) is 0 Å². The molecule has 1 saturated carbocycles. The summed E-state index contributed by atoms with van der Waals surface area (Å²) in [5.74, 6) is -1.00. The molecule has 9 heteroatoms. The van der Waals surface area contributed by atoms with Gasteiger partial charge in [0, 0.05) is 74.4 Å². The van der Waals surface area contributed by atoms with Crippen molar-refractivity contribution in [1.82, 2.24) is 15.5 Å². The Morgan fingerprint density at radius 3 is 1.98 bits per heavy atom. The predicted molar refractivity (Wildman–Crippen MR) is 161 cm³/mol. The highest BCUT2D eigenvalue weighted by molar-refractivity contribution is 6.03. The van der Waals surface area contributed by atoms with Gasteiger partial charge in [-0.05, 0) is 98.9 Å². The lowest BCUT2D eigenvalue weighted by Crippen LogP contribution is -2.52. The second-order valence-electron chi connectivity index (χ2n) is 12.4. The molecule has 4 fully saturated rings. The van der Waals surface area contributed by atoms with Crippen molar-refractivity contribution in [3.8, 4) is 0 Å². The molecular formula is C32H42N6O3. The number of anilines is 3. The molecule has 0 aromatic heterocycles. The molecule has 218 valence electrons. The van der Waals surface area contributed by atoms with Gasteiger partial charge in [0.1, 0.15) is 6.04 Å². The Labute approximate surface area is 242 Å². The predicted octanol–water partition coefficient (Wildman–Crippen LogP) is 3.16. The van der Waals surface area contributed by atoms with Crippen LogP contribution in [0.25, 0.3) is 0 Å². The number of nitrogens with two attached hydrogens (primary N) is 1. The number of nitrogens with zero attached hydrogens (tertiary/aromatic N) is 3. The summed E-state index contributed by atoms with van der Waals surface area (Å²) in [6.07, 6.45) is 8.29. The lowest BCUT2D eigenvalue weighted by Gasteiger charge is -2.49. The fourth-order valence-electron chi connectivity index (χ4n) is 7.25. The highest BCUT2D eigenvalue weighted by atomic mass is 16.2. The normalized spacial score (nSPS) is 23.9. The fourth-order valence-corrected chi connectivity index (χ4v) is 7.25. The summed E-state index contributed by atoms with van der Waals surface area (Å²) >= 11 is 0. The number of carbonyl (C=O) groups excluding carboxylic acids is 3. The van der Waals surface area contributed by atoms with Crippen LogP contribution in [0.2, 0.25) is 0 Å². The second kappa shape index (κ2) is 11.7. The van der Waals surface area contributed by atoms with Gasteiger partial charge in [-0.2, -0.15) is 0 Å². The molecule has 0 bridgehead atoms. The number of benzene rings is 2. The fraction of sp³-hybridized carbons (Fsp3) is 0.531. The molecule has 2 aromatic rings. The highest BCUT2D eigenvalue weighted by Gasteiger charge is 2.40. The zero-order valence-electron chi connectivity index (χ0n) is 23.8. The number of amides is 3.